The summed E-state index contributed by atoms with van der Waals surface area (Å²) in [7, 11) is 0.636. The molecule has 0 N–H and O–H groups in total. The van der Waals surface area contributed by atoms with E-state index in [1.807, 2.05) is 0 Å². The van der Waals surface area contributed by atoms with E-state index in [1.165, 1.54) is 68.7 Å². The van der Waals surface area contributed by atoms with E-state index in [4.69, 9.17) is 4.74 Å². The Bertz CT molecular complexity index is 1110. The number of rotatable bonds is 10. The van der Waals surface area contributed by atoms with Crippen LogP contribution in [0.3, 0.4) is 0 Å². The Morgan fingerprint density at radius 1 is 0.719 bits per heavy atom. The molecular formula is C29H36NOS+. The van der Waals surface area contributed by atoms with Crippen molar-refractivity contribution < 1.29 is 4.74 Å². The van der Waals surface area contributed by atoms with Crippen LogP contribution in [0.15, 0.2) is 60.7 Å². The number of fused-ring (bicyclic) bond motifs is 3. The third-order valence-electron chi connectivity index (χ3n) is 6.33. The molecule has 0 unspecified atom stereocenters. The maximum Gasteiger partial charge on any atom is 0.119 e. The Morgan fingerprint density at radius 2 is 1.31 bits per heavy atom. The van der Waals surface area contributed by atoms with Crippen LogP contribution < -0.4 is 4.74 Å². The molecule has 0 atom stereocenters. The van der Waals surface area contributed by atoms with Crippen LogP contribution in [0.1, 0.15) is 44.2 Å². The molecule has 3 aromatic carbocycles. The fourth-order valence-electron chi connectivity index (χ4n) is 4.49. The van der Waals surface area contributed by atoms with Gasteiger partial charge in [-0.2, -0.15) is 0 Å². The van der Waals surface area contributed by atoms with Crippen LogP contribution in [-0.2, 0) is 10.9 Å². The van der Waals surface area contributed by atoms with Crippen LogP contribution in [0.2, 0.25) is 0 Å². The van der Waals surface area contributed by atoms with Crippen molar-refractivity contribution in [3.63, 3.8) is 0 Å². The highest BCUT2D eigenvalue weighted by molar-refractivity contribution is 7.96. The summed E-state index contributed by atoms with van der Waals surface area (Å²) in [6, 6.07) is 22.1. The normalized spacial score (nSPS) is 11.7. The lowest BCUT2D eigenvalue weighted by Gasteiger charge is -2.10. The van der Waals surface area contributed by atoms with Crippen molar-refractivity contribution in [1.82, 2.24) is 4.57 Å². The molecule has 1 aromatic heterocycles. The minimum absolute atomic E-state index is 0.636. The Kier molecular flexibility index (Phi) is 7.47. The Labute approximate surface area is 195 Å². The summed E-state index contributed by atoms with van der Waals surface area (Å²) in [5, 5.41) is 2.64. The van der Waals surface area contributed by atoms with Gasteiger partial charge in [-0.1, -0.05) is 23.3 Å². The van der Waals surface area contributed by atoms with Crippen LogP contribution >= 0.6 is 0 Å². The minimum atomic E-state index is 0.636. The number of ether oxygens (including phenoxy) is 1. The van der Waals surface area contributed by atoms with E-state index in [1.54, 1.807) is 0 Å². The molecule has 32 heavy (non-hydrogen) atoms. The van der Waals surface area contributed by atoms with E-state index in [-0.39, 0.29) is 0 Å². The van der Waals surface area contributed by atoms with Gasteiger partial charge in [0.2, 0.25) is 0 Å². The minimum Gasteiger partial charge on any atom is -0.494 e. The van der Waals surface area contributed by atoms with Gasteiger partial charge < -0.3 is 9.30 Å². The molecule has 0 amide bonds. The third-order valence-corrected chi connectivity index (χ3v) is 8.83. The molecule has 168 valence electrons. The number of unbranched alkanes of at least 4 members (excludes halogenated alkanes) is 2. The van der Waals surface area contributed by atoms with E-state index in [0.29, 0.717) is 10.9 Å². The fourth-order valence-corrected chi connectivity index (χ4v) is 6.09. The second-order valence-electron chi connectivity index (χ2n) is 8.67. The van der Waals surface area contributed by atoms with Crippen molar-refractivity contribution in [2.24, 2.45) is 0 Å². The van der Waals surface area contributed by atoms with E-state index in [9.17, 15) is 0 Å². The number of aromatic nitrogens is 1. The Balaban J connectivity index is 1.46. The SMILES string of the molecule is CC[S+](CC)CCCCCOc1ccc(-n2c3ccc(C)cc3c3cc(C)ccc32)cc1. The molecule has 3 heteroatoms. The summed E-state index contributed by atoms with van der Waals surface area (Å²) >= 11 is 0. The average Bonchev–Trinajstić information content (AvgIpc) is 3.12. The van der Waals surface area contributed by atoms with Gasteiger partial charge in [0, 0.05) is 16.5 Å². The van der Waals surface area contributed by atoms with Crippen LogP contribution in [0.25, 0.3) is 27.5 Å². The van der Waals surface area contributed by atoms with E-state index < -0.39 is 0 Å². The first-order valence-electron chi connectivity index (χ1n) is 12.0. The molecule has 2 nitrogen and oxygen atoms in total. The highest BCUT2D eigenvalue weighted by atomic mass is 32.2. The first-order valence-corrected chi connectivity index (χ1v) is 13.7. The van der Waals surface area contributed by atoms with Gasteiger partial charge in [-0.15, -0.1) is 0 Å². The number of nitrogens with zero attached hydrogens (tertiary/aromatic N) is 1. The predicted octanol–water partition coefficient (Wildman–Crippen LogP) is 7.61. The van der Waals surface area contributed by atoms with E-state index >= 15 is 0 Å². The van der Waals surface area contributed by atoms with Crippen molar-refractivity contribution in [2.45, 2.75) is 47.0 Å². The lowest BCUT2D eigenvalue weighted by Crippen LogP contribution is -2.12. The van der Waals surface area contributed by atoms with Crippen LogP contribution in [0.5, 0.6) is 5.75 Å². The van der Waals surface area contributed by atoms with Gasteiger partial charge in [-0.05, 0) is 106 Å². The second kappa shape index (κ2) is 10.5. The number of benzene rings is 3. The first-order chi connectivity index (χ1) is 15.6. The molecule has 0 spiro atoms. The molecule has 0 bridgehead atoms. The zero-order chi connectivity index (χ0) is 22.5. The molecule has 0 aliphatic carbocycles. The van der Waals surface area contributed by atoms with Crippen molar-refractivity contribution >= 4 is 32.7 Å². The van der Waals surface area contributed by atoms with Gasteiger partial charge in [0.1, 0.15) is 23.0 Å². The maximum absolute atomic E-state index is 6.04. The molecular weight excluding hydrogens is 410 g/mol. The first kappa shape index (κ1) is 22.8. The summed E-state index contributed by atoms with van der Waals surface area (Å²) in [4.78, 5) is 0. The quantitative estimate of drug-likeness (QED) is 0.181. The third kappa shape index (κ3) is 4.99. The molecule has 0 saturated heterocycles. The molecule has 1 heterocycles. The average molecular weight is 447 g/mol. The van der Waals surface area contributed by atoms with E-state index in [2.05, 4.69) is 92.9 Å². The zero-order valence-electron chi connectivity index (χ0n) is 20.0. The molecule has 0 aliphatic rings. The van der Waals surface area contributed by atoms with Crippen molar-refractivity contribution in [3.8, 4) is 11.4 Å². The van der Waals surface area contributed by atoms with Gasteiger partial charge in [-0.3, -0.25) is 0 Å². The molecule has 0 radical (unpaired) electrons. The Morgan fingerprint density at radius 3 is 1.88 bits per heavy atom. The van der Waals surface area contributed by atoms with Crippen LogP contribution in [0.4, 0.5) is 0 Å². The van der Waals surface area contributed by atoms with Gasteiger partial charge in [0.25, 0.3) is 0 Å². The van der Waals surface area contributed by atoms with Gasteiger partial charge in [0.05, 0.1) is 17.6 Å². The predicted molar refractivity (Wildman–Crippen MR) is 143 cm³/mol. The summed E-state index contributed by atoms with van der Waals surface area (Å²) < 4.78 is 8.40. The lowest BCUT2D eigenvalue weighted by atomic mass is 10.1. The summed E-state index contributed by atoms with van der Waals surface area (Å²) in [5.41, 5.74) is 6.27. The number of aryl methyl sites for hydroxylation is 2. The zero-order valence-corrected chi connectivity index (χ0v) is 20.8. The van der Waals surface area contributed by atoms with Crippen LogP contribution in [-0.4, -0.2) is 28.4 Å². The molecule has 4 aromatic rings. The molecule has 4 rings (SSSR count). The summed E-state index contributed by atoms with van der Waals surface area (Å²) in [5.74, 6) is 5.03. The molecule has 0 saturated carbocycles. The fraction of sp³-hybridized carbons (Fsp3) is 0.379. The van der Waals surface area contributed by atoms with Gasteiger partial charge in [0.15, 0.2) is 0 Å². The molecule has 0 aliphatic heterocycles. The smallest absolute Gasteiger partial charge is 0.119 e. The van der Waals surface area contributed by atoms with Crippen molar-refractivity contribution in [3.05, 3.63) is 71.8 Å². The molecule has 0 fully saturated rings. The second-order valence-corrected chi connectivity index (χ2v) is 11.5. The van der Waals surface area contributed by atoms with Crippen LogP contribution in [0, 0.1) is 13.8 Å². The largest absolute Gasteiger partial charge is 0.494 e. The van der Waals surface area contributed by atoms with Gasteiger partial charge >= 0.3 is 0 Å². The lowest BCUT2D eigenvalue weighted by molar-refractivity contribution is 0.306. The van der Waals surface area contributed by atoms with Crippen molar-refractivity contribution in [1.29, 1.82) is 0 Å². The summed E-state index contributed by atoms with van der Waals surface area (Å²) in [6.45, 7) is 9.77. The van der Waals surface area contributed by atoms with Gasteiger partial charge in [-0.25, -0.2) is 0 Å². The highest BCUT2D eigenvalue weighted by Gasteiger charge is 2.13. The Hall–Kier alpha value is -2.39. The maximum atomic E-state index is 6.04. The monoisotopic (exact) mass is 446 g/mol. The number of hydrogen-bond donors (Lipinski definition) is 0. The summed E-state index contributed by atoms with van der Waals surface area (Å²) in [6.07, 6.45) is 3.74. The highest BCUT2D eigenvalue weighted by Crippen LogP contribution is 2.33. The van der Waals surface area contributed by atoms with E-state index in [0.717, 1.165) is 18.8 Å². The van der Waals surface area contributed by atoms with Crippen molar-refractivity contribution in [2.75, 3.05) is 23.9 Å². The standard InChI is InChI=1S/C29H36NOS/c1-5-32(6-2)19-9-7-8-18-31-25-14-12-24(13-15-25)30-28-16-10-22(3)20-26(28)27-21-23(4)11-17-29(27)30/h10-17,20-21H,5-9,18-19H2,1-4H3/q+1. The number of hydrogen-bond acceptors (Lipinski definition) is 1. The topological polar surface area (TPSA) is 14.2 Å².